The van der Waals surface area contributed by atoms with Gasteiger partial charge in [-0.15, -0.1) is 6.42 Å². The van der Waals surface area contributed by atoms with Crippen molar-refractivity contribution in [2.45, 2.75) is 18.9 Å². The monoisotopic (exact) mass is 218 g/mol. The molecule has 1 aromatic heterocycles. The predicted octanol–water partition coefficient (Wildman–Crippen LogP) is 0.00120. The highest BCUT2D eigenvalue weighted by atomic mass is 16.3. The van der Waals surface area contributed by atoms with Gasteiger partial charge in [0.15, 0.2) is 0 Å². The molecule has 1 aromatic rings. The summed E-state index contributed by atoms with van der Waals surface area (Å²) >= 11 is 0. The highest BCUT2D eigenvalue weighted by molar-refractivity contribution is 5.56. The molecule has 0 radical (unpaired) electrons. The predicted molar refractivity (Wildman–Crippen MR) is 61.8 cm³/mol. The second-order valence-electron chi connectivity index (χ2n) is 3.83. The van der Waals surface area contributed by atoms with Crippen LogP contribution in [0.2, 0.25) is 0 Å². The summed E-state index contributed by atoms with van der Waals surface area (Å²) in [6.07, 6.45) is 8.19. The fourth-order valence-corrected chi connectivity index (χ4v) is 1.81. The summed E-state index contributed by atoms with van der Waals surface area (Å²) in [6, 6.07) is 0. The molecule has 84 valence electrons. The average Bonchev–Trinajstić information content (AvgIpc) is 2.30. The van der Waals surface area contributed by atoms with E-state index in [1.807, 2.05) is 4.90 Å². The van der Waals surface area contributed by atoms with E-state index in [1.54, 1.807) is 6.20 Å². The molecule has 5 heteroatoms. The van der Waals surface area contributed by atoms with Gasteiger partial charge in [0.25, 0.3) is 0 Å². The zero-order valence-corrected chi connectivity index (χ0v) is 8.93. The van der Waals surface area contributed by atoms with E-state index >= 15 is 0 Å². The third kappa shape index (κ3) is 2.07. The minimum Gasteiger partial charge on any atom is -0.393 e. The Labute approximate surface area is 94.3 Å². The van der Waals surface area contributed by atoms with Gasteiger partial charge in [0, 0.05) is 13.1 Å². The number of aliphatic hydroxyl groups is 1. The minimum atomic E-state index is -0.218. The first-order valence-electron chi connectivity index (χ1n) is 5.23. The number of terminal acetylenes is 1. The van der Waals surface area contributed by atoms with Gasteiger partial charge in [0.2, 0.25) is 5.95 Å². The molecule has 0 spiro atoms. The summed E-state index contributed by atoms with van der Waals surface area (Å²) in [6.45, 7) is 1.48. The Kier molecular flexibility index (Phi) is 2.93. The zero-order chi connectivity index (χ0) is 11.5. The Morgan fingerprint density at radius 2 is 2.19 bits per heavy atom. The topological polar surface area (TPSA) is 75.3 Å². The fraction of sp³-hybridized carbons (Fsp3) is 0.455. The number of piperidine rings is 1. The minimum absolute atomic E-state index is 0.218. The smallest absolute Gasteiger partial charge is 0.222 e. The van der Waals surface area contributed by atoms with E-state index in [9.17, 15) is 5.11 Å². The summed E-state index contributed by atoms with van der Waals surface area (Å²) in [5.41, 5.74) is 6.19. The van der Waals surface area contributed by atoms with Gasteiger partial charge in [-0.2, -0.15) is 4.98 Å². The molecule has 0 unspecified atom stereocenters. The first-order chi connectivity index (χ1) is 7.70. The lowest BCUT2D eigenvalue weighted by Gasteiger charge is -2.31. The maximum atomic E-state index is 9.43. The van der Waals surface area contributed by atoms with E-state index in [0.717, 1.165) is 25.9 Å². The van der Waals surface area contributed by atoms with Gasteiger partial charge in [0.1, 0.15) is 5.82 Å². The van der Waals surface area contributed by atoms with Crippen LogP contribution in [-0.2, 0) is 0 Å². The standard InChI is InChI=1S/C11H14N4O/c1-2-8-7-13-11(12)14-10(8)15-5-3-9(16)4-6-15/h1,7,9,16H,3-6H2,(H2,12,13,14). The third-order valence-electron chi connectivity index (χ3n) is 2.71. The van der Waals surface area contributed by atoms with Crippen molar-refractivity contribution < 1.29 is 5.11 Å². The van der Waals surface area contributed by atoms with Gasteiger partial charge in [-0.25, -0.2) is 4.98 Å². The van der Waals surface area contributed by atoms with Crippen LogP contribution < -0.4 is 10.6 Å². The summed E-state index contributed by atoms with van der Waals surface area (Å²) in [5, 5.41) is 9.43. The molecule has 0 aliphatic carbocycles. The number of nitrogens with zero attached hydrogens (tertiary/aromatic N) is 3. The van der Waals surface area contributed by atoms with Crippen LogP contribution in [0.1, 0.15) is 18.4 Å². The van der Waals surface area contributed by atoms with Crippen LogP contribution in [0.4, 0.5) is 11.8 Å². The van der Waals surface area contributed by atoms with Crippen LogP contribution in [0.25, 0.3) is 0 Å². The zero-order valence-electron chi connectivity index (χ0n) is 8.93. The molecule has 1 saturated heterocycles. The number of nitrogens with two attached hydrogens (primary N) is 1. The molecule has 1 aliphatic heterocycles. The van der Waals surface area contributed by atoms with Crippen LogP contribution in [0.5, 0.6) is 0 Å². The van der Waals surface area contributed by atoms with Crippen molar-refractivity contribution in [3.05, 3.63) is 11.8 Å². The lowest BCUT2D eigenvalue weighted by molar-refractivity contribution is 0.145. The summed E-state index contributed by atoms with van der Waals surface area (Å²) < 4.78 is 0. The maximum Gasteiger partial charge on any atom is 0.222 e. The highest BCUT2D eigenvalue weighted by Crippen LogP contribution is 2.21. The van der Waals surface area contributed by atoms with Gasteiger partial charge in [-0.05, 0) is 12.8 Å². The van der Waals surface area contributed by atoms with E-state index in [1.165, 1.54) is 0 Å². The lowest BCUT2D eigenvalue weighted by atomic mass is 10.1. The largest absolute Gasteiger partial charge is 0.393 e. The van der Waals surface area contributed by atoms with Crippen molar-refractivity contribution in [2.24, 2.45) is 0 Å². The number of aromatic nitrogens is 2. The SMILES string of the molecule is C#Cc1cnc(N)nc1N1CCC(O)CC1. The lowest BCUT2D eigenvalue weighted by Crippen LogP contribution is -2.36. The molecule has 1 fully saturated rings. The van der Waals surface area contributed by atoms with E-state index in [0.29, 0.717) is 11.4 Å². The Hall–Kier alpha value is -1.80. The van der Waals surface area contributed by atoms with Crippen LogP contribution in [-0.4, -0.2) is 34.3 Å². The normalized spacial score (nSPS) is 17.1. The molecular formula is C11H14N4O. The molecule has 0 bridgehead atoms. The molecule has 0 aromatic carbocycles. The van der Waals surface area contributed by atoms with Crippen LogP contribution in [0, 0.1) is 12.3 Å². The molecule has 0 amide bonds. The number of nitrogen functional groups attached to an aromatic ring is 1. The van der Waals surface area contributed by atoms with Gasteiger partial charge < -0.3 is 15.7 Å². The molecule has 3 N–H and O–H groups in total. The third-order valence-corrected chi connectivity index (χ3v) is 2.71. The van der Waals surface area contributed by atoms with Crippen LogP contribution >= 0.6 is 0 Å². The molecule has 16 heavy (non-hydrogen) atoms. The van der Waals surface area contributed by atoms with E-state index in [-0.39, 0.29) is 12.1 Å². The van der Waals surface area contributed by atoms with E-state index in [2.05, 4.69) is 15.9 Å². The van der Waals surface area contributed by atoms with Crippen molar-refractivity contribution in [2.75, 3.05) is 23.7 Å². The molecule has 5 nitrogen and oxygen atoms in total. The summed E-state index contributed by atoms with van der Waals surface area (Å²) in [4.78, 5) is 10.1. The van der Waals surface area contributed by atoms with Crippen molar-refractivity contribution in [3.8, 4) is 12.3 Å². The van der Waals surface area contributed by atoms with Crippen molar-refractivity contribution in [1.29, 1.82) is 0 Å². The van der Waals surface area contributed by atoms with Gasteiger partial charge in [-0.3, -0.25) is 0 Å². The first kappa shape index (κ1) is 10.7. The molecule has 0 atom stereocenters. The van der Waals surface area contributed by atoms with Gasteiger partial charge in [0.05, 0.1) is 17.9 Å². The maximum absolute atomic E-state index is 9.43. The number of hydrogen-bond acceptors (Lipinski definition) is 5. The van der Waals surface area contributed by atoms with Crippen molar-refractivity contribution in [3.63, 3.8) is 0 Å². The number of aliphatic hydroxyl groups excluding tert-OH is 1. The van der Waals surface area contributed by atoms with E-state index in [4.69, 9.17) is 12.2 Å². The van der Waals surface area contributed by atoms with Crippen LogP contribution in [0.15, 0.2) is 6.20 Å². The Balaban J connectivity index is 2.26. The van der Waals surface area contributed by atoms with Crippen molar-refractivity contribution >= 4 is 11.8 Å². The molecule has 2 heterocycles. The Bertz CT molecular complexity index is 418. The van der Waals surface area contributed by atoms with Gasteiger partial charge in [-0.1, -0.05) is 5.92 Å². The fourth-order valence-electron chi connectivity index (χ4n) is 1.81. The average molecular weight is 218 g/mol. The molecule has 2 rings (SSSR count). The highest BCUT2D eigenvalue weighted by Gasteiger charge is 2.20. The Morgan fingerprint density at radius 1 is 1.50 bits per heavy atom. The number of anilines is 2. The summed E-state index contributed by atoms with van der Waals surface area (Å²) in [5.74, 6) is 3.47. The molecule has 1 aliphatic rings. The molecule has 0 saturated carbocycles. The van der Waals surface area contributed by atoms with Crippen molar-refractivity contribution in [1.82, 2.24) is 9.97 Å². The first-order valence-corrected chi connectivity index (χ1v) is 5.23. The number of rotatable bonds is 1. The molecular weight excluding hydrogens is 204 g/mol. The quantitative estimate of drug-likeness (QED) is 0.649. The van der Waals surface area contributed by atoms with Gasteiger partial charge >= 0.3 is 0 Å². The van der Waals surface area contributed by atoms with Crippen LogP contribution in [0.3, 0.4) is 0 Å². The second-order valence-corrected chi connectivity index (χ2v) is 3.83. The Morgan fingerprint density at radius 3 is 2.81 bits per heavy atom. The second kappa shape index (κ2) is 4.37. The van der Waals surface area contributed by atoms with E-state index < -0.39 is 0 Å². The number of hydrogen-bond donors (Lipinski definition) is 2. The summed E-state index contributed by atoms with van der Waals surface area (Å²) in [7, 11) is 0.